The number of thiophene rings is 1. The number of carbonyl (C=O) groups excluding carboxylic acids is 1. The minimum atomic E-state index is -0.323. The number of methoxy groups -OCH3 is 1. The quantitative estimate of drug-likeness (QED) is 0.636. The third-order valence-corrected chi connectivity index (χ3v) is 3.79. The summed E-state index contributed by atoms with van der Waals surface area (Å²) in [5.74, 6) is 1.04. The van der Waals surface area contributed by atoms with E-state index in [1.807, 2.05) is 41.8 Å². The fourth-order valence-electron chi connectivity index (χ4n) is 1.94. The summed E-state index contributed by atoms with van der Waals surface area (Å²) >= 11 is 1.54. The molecule has 2 aromatic rings. The smallest absolute Gasteiger partial charge is 0.343 e. The second-order valence-electron chi connectivity index (χ2n) is 4.25. The Kier molecular flexibility index (Phi) is 3.39. The standard InChI is InChI=1S/C16H12O3S/c1-18-13-5-2-4-11(9-13)8-12-10-14(19-16(12)17)15-6-3-7-20-15/h2-10H,1H3/b12-8+. The van der Waals surface area contributed by atoms with Crippen LogP contribution in [0.15, 0.2) is 53.4 Å². The summed E-state index contributed by atoms with van der Waals surface area (Å²) in [5, 5.41) is 1.95. The van der Waals surface area contributed by atoms with Crippen LogP contribution in [0.1, 0.15) is 10.4 Å². The van der Waals surface area contributed by atoms with Crippen molar-refractivity contribution in [2.45, 2.75) is 0 Å². The molecule has 0 amide bonds. The summed E-state index contributed by atoms with van der Waals surface area (Å²) in [6.07, 6.45) is 3.57. The highest BCUT2D eigenvalue weighted by Gasteiger charge is 2.22. The molecule has 0 saturated carbocycles. The molecule has 0 saturated heterocycles. The molecule has 4 heteroatoms. The zero-order valence-corrected chi connectivity index (χ0v) is 11.6. The van der Waals surface area contributed by atoms with E-state index in [0.29, 0.717) is 11.3 Å². The zero-order chi connectivity index (χ0) is 13.9. The predicted molar refractivity (Wildman–Crippen MR) is 79.4 cm³/mol. The summed E-state index contributed by atoms with van der Waals surface area (Å²) in [6, 6.07) is 11.4. The molecule has 2 heterocycles. The van der Waals surface area contributed by atoms with Gasteiger partial charge in [0.25, 0.3) is 0 Å². The lowest BCUT2D eigenvalue weighted by molar-refractivity contribution is -0.130. The van der Waals surface area contributed by atoms with Gasteiger partial charge in [-0.25, -0.2) is 4.79 Å². The van der Waals surface area contributed by atoms with Gasteiger partial charge in [0.05, 0.1) is 17.6 Å². The highest BCUT2D eigenvalue weighted by atomic mass is 32.1. The van der Waals surface area contributed by atoms with Gasteiger partial charge in [0.1, 0.15) is 11.5 Å². The van der Waals surface area contributed by atoms with E-state index in [0.717, 1.165) is 16.2 Å². The van der Waals surface area contributed by atoms with E-state index in [-0.39, 0.29) is 5.97 Å². The first kappa shape index (κ1) is 12.7. The van der Waals surface area contributed by atoms with Crippen molar-refractivity contribution in [3.63, 3.8) is 0 Å². The number of cyclic esters (lactones) is 1. The maximum atomic E-state index is 11.9. The highest BCUT2D eigenvalue weighted by molar-refractivity contribution is 7.11. The number of hydrogen-bond acceptors (Lipinski definition) is 4. The van der Waals surface area contributed by atoms with Gasteiger partial charge >= 0.3 is 5.97 Å². The number of esters is 1. The van der Waals surface area contributed by atoms with Crippen molar-refractivity contribution in [2.75, 3.05) is 7.11 Å². The minimum absolute atomic E-state index is 0.323. The number of benzene rings is 1. The predicted octanol–water partition coefficient (Wildman–Crippen LogP) is 3.74. The van der Waals surface area contributed by atoms with Crippen molar-refractivity contribution in [2.24, 2.45) is 0 Å². The monoisotopic (exact) mass is 284 g/mol. The van der Waals surface area contributed by atoms with Crippen molar-refractivity contribution < 1.29 is 14.3 Å². The molecular formula is C16H12O3S. The molecule has 0 bridgehead atoms. The van der Waals surface area contributed by atoms with Crippen LogP contribution < -0.4 is 4.74 Å². The molecular weight excluding hydrogens is 272 g/mol. The van der Waals surface area contributed by atoms with E-state index < -0.39 is 0 Å². The topological polar surface area (TPSA) is 35.5 Å². The van der Waals surface area contributed by atoms with Gasteiger partial charge in [-0.15, -0.1) is 11.3 Å². The lowest BCUT2D eigenvalue weighted by Gasteiger charge is -2.00. The molecule has 1 aliphatic rings. The van der Waals surface area contributed by atoms with E-state index in [9.17, 15) is 4.79 Å². The van der Waals surface area contributed by atoms with Crippen LogP contribution in [-0.4, -0.2) is 13.1 Å². The second-order valence-corrected chi connectivity index (χ2v) is 5.20. The SMILES string of the molecule is COc1cccc(/C=C2\C=C(c3cccs3)OC2=O)c1. The summed E-state index contributed by atoms with van der Waals surface area (Å²) < 4.78 is 10.4. The van der Waals surface area contributed by atoms with Crippen LogP contribution in [0.3, 0.4) is 0 Å². The molecule has 0 N–H and O–H groups in total. The maximum Gasteiger partial charge on any atom is 0.343 e. The van der Waals surface area contributed by atoms with E-state index >= 15 is 0 Å². The first-order chi connectivity index (χ1) is 9.76. The van der Waals surface area contributed by atoms with Crippen LogP contribution in [0.2, 0.25) is 0 Å². The largest absolute Gasteiger partial charge is 0.497 e. The Morgan fingerprint density at radius 2 is 2.15 bits per heavy atom. The van der Waals surface area contributed by atoms with Gasteiger partial charge in [0.2, 0.25) is 0 Å². The van der Waals surface area contributed by atoms with Gasteiger partial charge in [-0.3, -0.25) is 0 Å². The van der Waals surface area contributed by atoms with Crippen LogP contribution in [0, 0.1) is 0 Å². The summed E-state index contributed by atoms with van der Waals surface area (Å²) in [6.45, 7) is 0. The van der Waals surface area contributed by atoms with Crippen molar-refractivity contribution in [1.29, 1.82) is 0 Å². The molecule has 1 aliphatic heterocycles. The Hall–Kier alpha value is -2.33. The Labute approximate surface area is 120 Å². The fourth-order valence-corrected chi connectivity index (χ4v) is 2.62. The van der Waals surface area contributed by atoms with Crippen LogP contribution in [0.25, 0.3) is 11.8 Å². The second kappa shape index (κ2) is 5.35. The summed E-state index contributed by atoms with van der Waals surface area (Å²) in [7, 11) is 1.62. The van der Waals surface area contributed by atoms with E-state index in [1.165, 1.54) is 0 Å². The number of ether oxygens (including phenoxy) is 2. The Morgan fingerprint density at radius 1 is 1.25 bits per heavy atom. The molecule has 20 heavy (non-hydrogen) atoms. The maximum absolute atomic E-state index is 11.9. The Balaban J connectivity index is 1.93. The Bertz CT molecular complexity index is 696. The lowest BCUT2D eigenvalue weighted by Crippen LogP contribution is -1.96. The van der Waals surface area contributed by atoms with Crippen molar-refractivity contribution in [3.05, 3.63) is 63.9 Å². The third kappa shape index (κ3) is 2.51. The first-order valence-corrected chi connectivity index (χ1v) is 6.98. The third-order valence-electron chi connectivity index (χ3n) is 2.90. The van der Waals surface area contributed by atoms with Gasteiger partial charge in [0, 0.05) is 0 Å². The van der Waals surface area contributed by atoms with E-state index in [4.69, 9.17) is 9.47 Å². The summed E-state index contributed by atoms with van der Waals surface area (Å²) in [4.78, 5) is 12.8. The summed E-state index contributed by atoms with van der Waals surface area (Å²) in [5.41, 5.74) is 1.45. The zero-order valence-electron chi connectivity index (χ0n) is 10.8. The average molecular weight is 284 g/mol. The van der Waals surface area contributed by atoms with Crippen molar-refractivity contribution in [3.8, 4) is 5.75 Å². The van der Waals surface area contributed by atoms with Crippen LogP contribution in [-0.2, 0) is 9.53 Å². The van der Waals surface area contributed by atoms with Gasteiger partial charge in [-0.05, 0) is 41.3 Å². The Morgan fingerprint density at radius 3 is 2.90 bits per heavy atom. The number of rotatable bonds is 3. The van der Waals surface area contributed by atoms with E-state index in [2.05, 4.69) is 0 Å². The van der Waals surface area contributed by atoms with Crippen LogP contribution >= 0.6 is 11.3 Å². The molecule has 0 atom stereocenters. The van der Waals surface area contributed by atoms with Crippen LogP contribution in [0.5, 0.6) is 5.75 Å². The molecule has 0 spiro atoms. The molecule has 3 nitrogen and oxygen atoms in total. The molecule has 0 unspecified atom stereocenters. The molecule has 1 aromatic heterocycles. The van der Waals surface area contributed by atoms with Gasteiger partial charge < -0.3 is 9.47 Å². The molecule has 100 valence electrons. The van der Waals surface area contributed by atoms with Crippen LogP contribution in [0.4, 0.5) is 0 Å². The normalized spacial score (nSPS) is 16.1. The molecule has 0 aliphatic carbocycles. The number of carbonyl (C=O) groups is 1. The van der Waals surface area contributed by atoms with Gasteiger partial charge in [-0.2, -0.15) is 0 Å². The molecule has 1 aromatic carbocycles. The first-order valence-electron chi connectivity index (χ1n) is 6.10. The van der Waals surface area contributed by atoms with E-state index in [1.54, 1.807) is 30.6 Å². The van der Waals surface area contributed by atoms with Gasteiger partial charge in [-0.1, -0.05) is 18.2 Å². The minimum Gasteiger partial charge on any atom is -0.497 e. The molecule has 0 fully saturated rings. The average Bonchev–Trinajstić information content (AvgIpc) is 3.10. The molecule has 0 radical (unpaired) electrons. The number of hydrogen-bond donors (Lipinski definition) is 0. The van der Waals surface area contributed by atoms with Crippen molar-refractivity contribution >= 4 is 29.1 Å². The lowest BCUT2D eigenvalue weighted by atomic mass is 10.1. The van der Waals surface area contributed by atoms with Crippen molar-refractivity contribution in [1.82, 2.24) is 0 Å². The fraction of sp³-hybridized carbons (Fsp3) is 0.0625. The highest BCUT2D eigenvalue weighted by Crippen LogP contribution is 2.30. The van der Waals surface area contributed by atoms with Gasteiger partial charge in [0.15, 0.2) is 0 Å². The molecule has 3 rings (SSSR count).